The van der Waals surface area contributed by atoms with E-state index in [1.807, 2.05) is 0 Å². The van der Waals surface area contributed by atoms with Crippen LogP contribution in [-0.2, 0) is 10.9 Å². The van der Waals surface area contributed by atoms with Crippen molar-refractivity contribution in [3.05, 3.63) is 53.5 Å². The van der Waals surface area contributed by atoms with Crippen LogP contribution in [0.1, 0.15) is 15.9 Å². The van der Waals surface area contributed by atoms with Crippen LogP contribution in [0.15, 0.2) is 36.5 Å². The van der Waals surface area contributed by atoms with Gasteiger partial charge in [-0.3, -0.25) is 9.78 Å². The largest absolute Gasteiger partial charge is 0.416 e. The molecule has 0 aliphatic carbocycles. The molecule has 0 atom stereocenters. The standard InChI is InChI=1S/C17H14F4N2O2/c18-14-8-12(7-13(10-14)17(19,20)21)15-9-11(1-2-22-15)16(24)23-3-5-25-6-4-23/h1-2,7-10H,3-6H2. The number of hydrogen-bond acceptors (Lipinski definition) is 3. The van der Waals surface area contributed by atoms with Gasteiger partial charge in [0.1, 0.15) is 5.82 Å². The molecule has 1 amide bonds. The number of carbonyl (C=O) groups excluding carboxylic acids is 1. The van der Waals surface area contributed by atoms with Crippen molar-refractivity contribution in [3.8, 4) is 11.3 Å². The summed E-state index contributed by atoms with van der Waals surface area (Å²) in [5.41, 5.74) is -0.757. The number of aromatic nitrogens is 1. The summed E-state index contributed by atoms with van der Waals surface area (Å²) in [7, 11) is 0. The van der Waals surface area contributed by atoms with E-state index in [2.05, 4.69) is 4.98 Å². The monoisotopic (exact) mass is 354 g/mol. The summed E-state index contributed by atoms with van der Waals surface area (Å²) in [4.78, 5) is 18.0. The molecule has 132 valence electrons. The first kappa shape index (κ1) is 17.3. The Kier molecular flexibility index (Phi) is 4.71. The minimum atomic E-state index is -4.67. The molecule has 1 aromatic carbocycles. The third kappa shape index (κ3) is 3.96. The molecular formula is C17H14F4N2O2. The van der Waals surface area contributed by atoms with Crippen LogP contribution < -0.4 is 0 Å². The topological polar surface area (TPSA) is 42.4 Å². The molecule has 0 unspecified atom stereocenters. The van der Waals surface area contributed by atoms with Crippen LogP contribution in [0.4, 0.5) is 17.6 Å². The summed E-state index contributed by atoms with van der Waals surface area (Å²) in [6.07, 6.45) is -3.35. The van der Waals surface area contributed by atoms with Crippen LogP contribution >= 0.6 is 0 Å². The Bertz CT molecular complexity index is 786. The fourth-order valence-electron chi connectivity index (χ4n) is 2.57. The molecule has 1 aliphatic rings. The zero-order chi connectivity index (χ0) is 18.0. The van der Waals surface area contributed by atoms with Crippen LogP contribution in [0.2, 0.25) is 0 Å². The molecule has 3 rings (SSSR count). The van der Waals surface area contributed by atoms with Gasteiger partial charge in [0, 0.05) is 30.4 Å². The lowest BCUT2D eigenvalue weighted by Gasteiger charge is -2.26. The Morgan fingerprint density at radius 3 is 2.52 bits per heavy atom. The predicted octanol–water partition coefficient (Wildman–Crippen LogP) is 3.38. The molecular weight excluding hydrogens is 340 g/mol. The Hall–Kier alpha value is -2.48. The van der Waals surface area contributed by atoms with Crippen molar-refractivity contribution in [2.45, 2.75) is 6.18 Å². The quantitative estimate of drug-likeness (QED) is 0.777. The molecule has 1 fully saturated rings. The van der Waals surface area contributed by atoms with Crippen molar-refractivity contribution < 1.29 is 27.1 Å². The van der Waals surface area contributed by atoms with Gasteiger partial charge in [-0.25, -0.2) is 4.39 Å². The molecule has 25 heavy (non-hydrogen) atoms. The molecule has 0 spiro atoms. The van der Waals surface area contributed by atoms with Gasteiger partial charge in [0.25, 0.3) is 5.91 Å². The number of morpholine rings is 1. The van der Waals surface area contributed by atoms with Gasteiger partial charge in [-0.2, -0.15) is 13.2 Å². The van der Waals surface area contributed by atoms with Gasteiger partial charge in [0.15, 0.2) is 0 Å². The van der Waals surface area contributed by atoms with Crippen LogP contribution in [0, 0.1) is 5.82 Å². The van der Waals surface area contributed by atoms with E-state index >= 15 is 0 Å². The highest BCUT2D eigenvalue weighted by Crippen LogP contribution is 2.32. The van der Waals surface area contributed by atoms with Gasteiger partial charge in [-0.15, -0.1) is 0 Å². The Balaban J connectivity index is 1.94. The SMILES string of the molecule is O=C(c1ccnc(-c2cc(F)cc(C(F)(F)F)c2)c1)N1CCOCC1. The number of benzene rings is 1. The van der Waals surface area contributed by atoms with Crippen molar-refractivity contribution >= 4 is 5.91 Å². The molecule has 1 aliphatic heterocycles. The number of pyridine rings is 1. The van der Waals surface area contributed by atoms with E-state index in [1.165, 1.54) is 18.3 Å². The van der Waals surface area contributed by atoms with Crippen LogP contribution in [-0.4, -0.2) is 42.1 Å². The summed E-state index contributed by atoms with van der Waals surface area (Å²) >= 11 is 0. The minimum Gasteiger partial charge on any atom is -0.378 e. The fourth-order valence-corrected chi connectivity index (χ4v) is 2.57. The van der Waals surface area contributed by atoms with Gasteiger partial charge in [0.05, 0.1) is 24.5 Å². The highest BCUT2D eigenvalue weighted by molar-refractivity contribution is 5.95. The first-order valence-corrected chi connectivity index (χ1v) is 7.56. The van der Waals surface area contributed by atoms with Gasteiger partial charge in [-0.05, 0) is 30.3 Å². The fraction of sp³-hybridized carbons (Fsp3) is 0.294. The number of ether oxygens (including phenoxy) is 1. The molecule has 2 aromatic rings. The van der Waals surface area contributed by atoms with Crippen molar-refractivity contribution in [3.63, 3.8) is 0 Å². The van der Waals surface area contributed by atoms with Gasteiger partial charge < -0.3 is 9.64 Å². The van der Waals surface area contributed by atoms with Gasteiger partial charge in [0.2, 0.25) is 0 Å². The lowest BCUT2D eigenvalue weighted by atomic mass is 10.0. The number of nitrogens with zero attached hydrogens (tertiary/aromatic N) is 2. The number of rotatable bonds is 2. The van der Waals surface area contributed by atoms with E-state index in [9.17, 15) is 22.4 Å². The molecule has 0 bridgehead atoms. The number of carbonyl (C=O) groups is 1. The summed E-state index contributed by atoms with van der Waals surface area (Å²) in [6.45, 7) is 1.74. The normalized spacial score (nSPS) is 15.3. The number of amides is 1. The average molecular weight is 354 g/mol. The Morgan fingerprint density at radius 2 is 1.84 bits per heavy atom. The zero-order valence-corrected chi connectivity index (χ0v) is 13.0. The molecule has 8 heteroatoms. The third-order valence-electron chi connectivity index (χ3n) is 3.83. The Morgan fingerprint density at radius 1 is 1.12 bits per heavy atom. The van der Waals surface area contributed by atoms with Crippen molar-refractivity contribution in [2.24, 2.45) is 0 Å². The maximum absolute atomic E-state index is 13.6. The predicted molar refractivity (Wildman–Crippen MR) is 81.4 cm³/mol. The summed E-state index contributed by atoms with van der Waals surface area (Å²) < 4.78 is 57.3. The van der Waals surface area contributed by atoms with E-state index in [4.69, 9.17) is 4.74 Å². The van der Waals surface area contributed by atoms with Crippen molar-refractivity contribution in [1.29, 1.82) is 0 Å². The molecule has 0 radical (unpaired) electrons. The molecule has 0 N–H and O–H groups in total. The van der Waals surface area contributed by atoms with Crippen molar-refractivity contribution in [2.75, 3.05) is 26.3 Å². The van der Waals surface area contributed by atoms with E-state index in [-0.39, 0.29) is 22.7 Å². The first-order chi connectivity index (χ1) is 11.8. The maximum atomic E-state index is 13.6. The lowest BCUT2D eigenvalue weighted by molar-refractivity contribution is -0.137. The van der Waals surface area contributed by atoms with Crippen LogP contribution in [0.5, 0.6) is 0 Å². The highest BCUT2D eigenvalue weighted by atomic mass is 19.4. The average Bonchev–Trinajstić information content (AvgIpc) is 2.61. The second-order valence-corrected chi connectivity index (χ2v) is 5.56. The summed E-state index contributed by atoms with van der Waals surface area (Å²) in [6, 6.07) is 5.04. The third-order valence-corrected chi connectivity index (χ3v) is 3.83. The van der Waals surface area contributed by atoms with E-state index in [0.29, 0.717) is 32.4 Å². The second kappa shape index (κ2) is 6.79. The van der Waals surface area contributed by atoms with Gasteiger partial charge in [-0.1, -0.05) is 0 Å². The number of hydrogen-bond donors (Lipinski definition) is 0. The minimum absolute atomic E-state index is 0.0380. The number of alkyl halides is 3. The molecule has 1 saturated heterocycles. The highest BCUT2D eigenvalue weighted by Gasteiger charge is 2.31. The number of halogens is 4. The molecule has 0 saturated carbocycles. The van der Waals surface area contributed by atoms with E-state index in [1.54, 1.807) is 4.90 Å². The molecule has 2 heterocycles. The molecule has 4 nitrogen and oxygen atoms in total. The van der Waals surface area contributed by atoms with Crippen LogP contribution in [0.25, 0.3) is 11.3 Å². The molecule has 1 aromatic heterocycles. The Labute approximate surface area is 141 Å². The lowest BCUT2D eigenvalue weighted by Crippen LogP contribution is -2.40. The van der Waals surface area contributed by atoms with Crippen molar-refractivity contribution in [1.82, 2.24) is 9.88 Å². The van der Waals surface area contributed by atoms with E-state index < -0.39 is 17.6 Å². The van der Waals surface area contributed by atoms with Gasteiger partial charge >= 0.3 is 6.18 Å². The van der Waals surface area contributed by atoms with E-state index in [0.717, 1.165) is 12.1 Å². The summed E-state index contributed by atoms with van der Waals surface area (Å²) in [5.74, 6) is -1.28. The first-order valence-electron chi connectivity index (χ1n) is 7.56. The summed E-state index contributed by atoms with van der Waals surface area (Å²) in [5, 5.41) is 0. The van der Waals surface area contributed by atoms with Crippen LogP contribution in [0.3, 0.4) is 0 Å². The second-order valence-electron chi connectivity index (χ2n) is 5.56. The maximum Gasteiger partial charge on any atom is 0.416 e. The zero-order valence-electron chi connectivity index (χ0n) is 13.0. The smallest absolute Gasteiger partial charge is 0.378 e.